The molecule has 1 rings (SSSR count). The number of aliphatic hydroxyl groups excluding tert-OH is 1. The first-order valence-corrected chi connectivity index (χ1v) is 6.06. The molecule has 1 aromatic rings. The number of nitrogens with zero attached hydrogens (tertiary/aromatic N) is 1. The Balaban J connectivity index is 2.46. The summed E-state index contributed by atoms with van der Waals surface area (Å²) in [5, 5.41) is 21.7. The Kier molecular flexibility index (Phi) is 5.74. The van der Waals surface area contributed by atoms with E-state index in [9.17, 15) is 9.90 Å². The van der Waals surface area contributed by atoms with Gasteiger partial charge in [-0.1, -0.05) is 13.8 Å². The molecule has 0 aromatic carbocycles. The monoisotopic (exact) mass is 252 g/mol. The van der Waals surface area contributed by atoms with E-state index in [1.807, 2.05) is 13.8 Å². The standard InChI is InChI=1S/C13H20N2O3/c1-9(2)6-10(16)7-14-8-12-11(13(17)18)4-3-5-15-12/h3-5,9-10,14,16H,6-8H2,1-2H3,(H,17,18). The zero-order valence-corrected chi connectivity index (χ0v) is 10.8. The van der Waals surface area contributed by atoms with Gasteiger partial charge in [0.15, 0.2) is 0 Å². The van der Waals surface area contributed by atoms with Crippen molar-refractivity contribution in [2.24, 2.45) is 5.92 Å². The fourth-order valence-electron chi connectivity index (χ4n) is 1.76. The van der Waals surface area contributed by atoms with Gasteiger partial charge in [-0.2, -0.15) is 0 Å². The van der Waals surface area contributed by atoms with Crippen LogP contribution in [0.15, 0.2) is 18.3 Å². The molecule has 0 radical (unpaired) electrons. The molecule has 0 saturated carbocycles. The minimum atomic E-state index is -0.984. The van der Waals surface area contributed by atoms with Gasteiger partial charge in [-0.15, -0.1) is 0 Å². The van der Waals surface area contributed by atoms with Crippen LogP contribution < -0.4 is 5.32 Å². The summed E-state index contributed by atoms with van der Waals surface area (Å²) in [4.78, 5) is 15.0. The van der Waals surface area contributed by atoms with E-state index in [-0.39, 0.29) is 5.56 Å². The summed E-state index contributed by atoms with van der Waals surface area (Å²) < 4.78 is 0. The smallest absolute Gasteiger partial charge is 0.337 e. The quantitative estimate of drug-likeness (QED) is 0.681. The zero-order chi connectivity index (χ0) is 13.5. The van der Waals surface area contributed by atoms with Crippen LogP contribution in [-0.4, -0.2) is 33.8 Å². The lowest BCUT2D eigenvalue weighted by molar-refractivity contribution is 0.0695. The maximum absolute atomic E-state index is 10.9. The summed E-state index contributed by atoms with van der Waals surface area (Å²) in [7, 11) is 0. The van der Waals surface area contributed by atoms with Crippen molar-refractivity contribution in [3.8, 4) is 0 Å². The third-order valence-corrected chi connectivity index (χ3v) is 2.54. The molecule has 18 heavy (non-hydrogen) atoms. The first kappa shape index (κ1) is 14.6. The van der Waals surface area contributed by atoms with Crippen LogP contribution in [0, 0.1) is 5.92 Å². The zero-order valence-electron chi connectivity index (χ0n) is 10.8. The fraction of sp³-hybridized carbons (Fsp3) is 0.538. The number of carbonyl (C=O) groups is 1. The van der Waals surface area contributed by atoms with E-state index < -0.39 is 12.1 Å². The lowest BCUT2D eigenvalue weighted by Gasteiger charge is -2.14. The average molecular weight is 252 g/mol. The topological polar surface area (TPSA) is 82.5 Å². The van der Waals surface area contributed by atoms with Crippen LogP contribution in [0.5, 0.6) is 0 Å². The largest absolute Gasteiger partial charge is 0.478 e. The predicted octanol–water partition coefficient (Wildman–Crippen LogP) is 1.28. The predicted molar refractivity (Wildman–Crippen MR) is 68.4 cm³/mol. The van der Waals surface area contributed by atoms with Gasteiger partial charge in [0.25, 0.3) is 0 Å². The summed E-state index contributed by atoms with van der Waals surface area (Å²) in [5.41, 5.74) is 0.685. The summed E-state index contributed by atoms with van der Waals surface area (Å²) in [6.45, 7) is 4.88. The van der Waals surface area contributed by atoms with Crippen LogP contribution in [0.4, 0.5) is 0 Å². The van der Waals surface area contributed by atoms with Gasteiger partial charge in [-0.25, -0.2) is 4.79 Å². The van der Waals surface area contributed by atoms with Gasteiger partial charge in [-0.3, -0.25) is 4.98 Å². The van der Waals surface area contributed by atoms with Gasteiger partial charge in [0.05, 0.1) is 17.4 Å². The first-order valence-electron chi connectivity index (χ1n) is 6.06. The maximum atomic E-state index is 10.9. The van der Waals surface area contributed by atoms with Crippen LogP contribution in [0.3, 0.4) is 0 Å². The molecule has 1 heterocycles. The number of pyridine rings is 1. The maximum Gasteiger partial charge on any atom is 0.337 e. The molecular formula is C13H20N2O3. The molecule has 0 amide bonds. The van der Waals surface area contributed by atoms with E-state index in [1.165, 1.54) is 6.07 Å². The molecule has 0 aliphatic carbocycles. The van der Waals surface area contributed by atoms with Crippen molar-refractivity contribution >= 4 is 5.97 Å². The minimum absolute atomic E-state index is 0.198. The SMILES string of the molecule is CC(C)CC(O)CNCc1ncccc1C(=O)O. The number of hydrogen-bond donors (Lipinski definition) is 3. The highest BCUT2D eigenvalue weighted by Crippen LogP contribution is 2.06. The van der Waals surface area contributed by atoms with Crippen LogP contribution in [-0.2, 0) is 6.54 Å². The Bertz CT molecular complexity index is 394. The number of carboxylic acids is 1. The highest BCUT2D eigenvalue weighted by Gasteiger charge is 2.11. The van der Waals surface area contributed by atoms with E-state index in [0.29, 0.717) is 24.7 Å². The highest BCUT2D eigenvalue weighted by molar-refractivity contribution is 5.88. The molecule has 0 bridgehead atoms. The molecule has 5 nitrogen and oxygen atoms in total. The molecule has 3 N–H and O–H groups in total. The van der Waals surface area contributed by atoms with Crippen molar-refractivity contribution in [2.45, 2.75) is 32.9 Å². The van der Waals surface area contributed by atoms with Gasteiger partial charge < -0.3 is 15.5 Å². The van der Waals surface area contributed by atoms with E-state index >= 15 is 0 Å². The number of aromatic nitrogens is 1. The number of aliphatic hydroxyl groups is 1. The van der Waals surface area contributed by atoms with Gasteiger partial charge >= 0.3 is 5.97 Å². The summed E-state index contributed by atoms with van der Waals surface area (Å²) in [5.74, 6) is -0.547. The summed E-state index contributed by atoms with van der Waals surface area (Å²) >= 11 is 0. The molecule has 100 valence electrons. The van der Waals surface area contributed by atoms with Crippen molar-refractivity contribution in [1.29, 1.82) is 0 Å². The van der Waals surface area contributed by atoms with E-state index in [4.69, 9.17) is 5.11 Å². The Morgan fingerprint density at radius 2 is 2.22 bits per heavy atom. The third-order valence-electron chi connectivity index (χ3n) is 2.54. The van der Waals surface area contributed by atoms with E-state index in [2.05, 4.69) is 10.3 Å². The van der Waals surface area contributed by atoms with Crippen molar-refractivity contribution in [3.05, 3.63) is 29.6 Å². The molecule has 0 aliphatic rings. The number of rotatable bonds is 7. The second-order valence-corrected chi connectivity index (χ2v) is 4.72. The lowest BCUT2D eigenvalue weighted by atomic mass is 10.1. The lowest BCUT2D eigenvalue weighted by Crippen LogP contribution is -2.28. The number of carboxylic acid groups (broad SMARTS) is 1. The molecule has 1 aromatic heterocycles. The summed E-state index contributed by atoms with van der Waals surface area (Å²) in [6, 6.07) is 3.12. The van der Waals surface area contributed by atoms with Crippen molar-refractivity contribution in [1.82, 2.24) is 10.3 Å². The highest BCUT2D eigenvalue weighted by atomic mass is 16.4. The molecule has 0 aliphatic heterocycles. The van der Waals surface area contributed by atoms with Crippen molar-refractivity contribution in [2.75, 3.05) is 6.54 Å². The number of nitrogens with one attached hydrogen (secondary N) is 1. The third kappa shape index (κ3) is 4.81. The van der Waals surface area contributed by atoms with Crippen LogP contribution in [0.25, 0.3) is 0 Å². The van der Waals surface area contributed by atoms with Crippen molar-refractivity contribution < 1.29 is 15.0 Å². The van der Waals surface area contributed by atoms with E-state index in [0.717, 1.165) is 6.42 Å². The molecule has 1 atom stereocenters. The van der Waals surface area contributed by atoms with Gasteiger partial charge in [-0.05, 0) is 24.5 Å². The summed E-state index contributed by atoms with van der Waals surface area (Å²) in [6.07, 6.45) is 1.87. The minimum Gasteiger partial charge on any atom is -0.478 e. The second-order valence-electron chi connectivity index (χ2n) is 4.72. The van der Waals surface area contributed by atoms with E-state index in [1.54, 1.807) is 12.3 Å². The molecule has 0 saturated heterocycles. The normalized spacial score (nSPS) is 12.7. The molecule has 1 unspecified atom stereocenters. The number of hydrogen-bond acceptors (Lipinski definition) is 4. The molecule has 5 heteroatoms. The van der Waals surface area contributed by atoms with Gasteiger partial charge in [0.2, 0.25) is 0 Å². The molecule has 0 spiro atoms. The Morgan fingerprint density at radius 1 is 1.50 bits per heavy atom. The molecule has 0 fully saturated rings. The number of aromatic carboxylic acids is 1. The second kappa shape index (κ2) is 7.08. The fourth-order valence-corrected chi connectivity index (χ4v) is 1.76. The van der Waals surface area contributed by atoms with Gasteiger partial charge in [0, 0.05) is 19.3 Å². The Hall–Kier alpha value is -1.46. The molecular weight excluding hydrogens is 232 g/mol. The van der Waals surface area contributed by atoms with Crippen LogP contribution in [0.1, 0.15) is 36.3 Å². The van der Waals surface area contributed by atoms with Crippen LogP contribution >= 0.6 is 0 Å². The Labute approximate surface area is 107 Å². The average Bonchev–Trinajstić information content (AvgIpc) is 2.28. The van der Waals surface area contributed by atoms with Gasteiger partial charge in [0.1, 0.15) is 0 Å². The first-order chi connectivity index (χ1) is 8.50. The van der Waals surface area contributed by atoms with Crippen molar-refractivity contribution in [3.63, 3.8) is 0 Å². The Morgan fingerprint density at radius 3 is 2.83 bits per heavy atom. The van der Waals surface area contributed by atoms with Crippen LogP contribution in [0.2, 0.25) is 0 Å².